The molecule has 0 aromatic carbocycles. The van der Waals surface area contributed by atoms with Gasteiger partial charge >= 0.3 is 0 Å². The normalized spacial score (nSPS) is 19.6. The third kappa shape index (κ3) is 6.40. The molecule has 3 unspecified atom stereocenters. The van der Waals surface area contributed by atoms with Crippen molar-refractivity contribution in [1.82, 2.24) is 0 Å². The van der Waals surface area contributed by atoms with E-state index in [1.807, 2.05) is 0 Å². The summed E-state index contributed by atoms with van der Waals surface area (Å²) in [7, 11) is 6.26. The first-order valence-electron chi connectivity index (χ1n) is 6.91. The minimum atomic E-state index is 0.352. The molecule has 1 heteroatoms. The van der Waals surface area contributed by atoms with E-state index in [2.05, 4.69) is 46.8 Å². The van der Waals surface area contributed by atoms with E-state index in [0.29, 0.717) is 17.7 Å². The Balaban J connectivity index is 3.91. The lowest BCUT2D eigenvalue weighted by Crippen LogP contribution is -2.14. The van der Waals surface area contributed by atoms with E-state index in [9.17, 15) is 0 Å². The molecule has 0 spiro atoms. The maximum atomic E-state index is 6.26. The number of hydrogen-bond acceptors (Lipinski definition) is 0. The van der Waals surface area contributed by atoms with Crippen LogP contribution in [0.25, 0.3) is 0 Å². The standard InChI is InChI=1S/C15H29B/c1-6-8-12(3)10-11-15(16)14(5)13(4)9-7-2/h7,9,12-15H,6,8,10-11H2,1-5H3/t12-,13?,14?,15?/m1/s1. The highest BCUT2D eigenvalue weighted by atomic mass is 14.2. The summed E-state index contributed by atoms with van der Waals surface area (Å²) in [6, 6.07) is 0. The van der Waals surface area contributed by atoms with Crippen LogP contribution in [0.2, 0.25) is 5.82 Å². The number of hydrogen-bond donors (Lipinski definition) is 0. The van der Waals surface area contributed by atoms with Crippen molar-refractivity contribution in [2.45, 2.75) is 66.1 Å². The van der Waals surface area contributed by atoms with Crippen LogP contribution in [0.3, 0.4) is 0 Å². The summed E-state index contributed by atoms with van der Waals surface area (Å²) in [5.74, 6) is 2.37. The first-order valence-corrected chi connectivity index (χ1v) is 6.91. The van der Waals surface area contributed by atoms with Crippen molar-refractivity contribution in [1.29, 1.82) is 0 Å². The minimum Gasteiger partial charge on any atom is -0.0914 e. The Labute approximate surface area is 104 Å². The second-order valence-corrected chi connectivity index (χ2v) is 5.38. The number of allylic oxidation sites excluding steroid dienone is 2. The second kappa shape index (κ2) is 8.90. The van der Waals surface area contributed by atoms with Crippen LogP contribution >= 0.6 is 0 Å². The molecule has 0 saturated heterocycles. The van der Waals surface area contributed by atoms with Crippen LogP contribution in [0, 0.1) is 17.8 Å². The molecule has 0 saturated carbocycles. The molecular weight excluding hydrogens is 191 g/mol. The lowest BCUT2D eigenvalue weighted by atomic mass is 9.69. The Hall–Kier alpha value is -0.195. The van der Waals surface area contributed by atoms with Crippen molar-refractivity contribution < 1.29 is 0 Å². The molecule has 0 aromatic heterocycles. The van der Waals surface area contributed by atoms with Gasteiger partial charge < -0.3 is 0 Å². The maximum Gasteiger partial charge on any atom is 0.0703 e. The molecule has 0 bridgehead atoms. The van der Waals surface area contributed by atoms with E-state index in [0.717, 1.165) is 5.92 Å². The van der Waals surface area contributed by atoms with Gasteiger partial charge in [0.25, 0.3) is 0 Å². The van der Waals surface area contributed by atoms with Crippen LogP contribution in [0.1, 0.15) is 60.3 Å². The van der Waals surface area contributed by atoms with Crippen LogP contribution in [0.4, 0.5) is 0 Å². The molecule has 0 aliphatic rings. The minimum absolute atomic E-state index is 0.352. The molecule has 0 fully saturated rings. The van der Waals surface area contributed by atoms with Gasteiger partial charge in [0.2, 0.25) is 0 Å². The van der Waals surface area contributed by atoms with Gasteiger partial charge in [-0.3, -0.25) is 0 Å². The van der Waals surface area contributed by atoms with Gasteiger partial charge in [-0.05, 0) is 24.7 Å². The molecule has 0 aromatic rings. The lowest BCUT2D eigenvalue weighted by Gasteiger charge is -2.25. The van der Waals surface area contributed by atoms with E-state index >= 15 is 0 Å². The number of rotatable bonds is 8. The highest BCUT2D eigenvalue weighted by molar-refractivity contribution is 6.11. The molecule has 0 nitrogen and oxygen atoms in total. The van der Waals surface area contributed by atoms with Gasteiger partial charge in [0.05, 0.1) is 7.85 Å². The second-order valence-electron chi connectivity index (χ2n) is 5.38. The third-order valence-corrected chi connectivity index (χ3v) is 3.77. The summed E-state index contributed by atoms with van der Waals surface area (Å²) in [6.07, 6.45) is 9.48. The topological polar surface area (TPSA) is 0 Å². The van der Waals surface area contributed by atoms with Gasteiger partial charge in [-0.15, -0.1) is 0 Å². The van der Waals surface area contributed by atoms with Gasteiger partial charge in [-0.2, -0.15) is 0 Å². The predicted molar refractivity (Wildman–Crippen MR) is 76.0 cm³/mol. The summed E-state index contributed by atoms with van der Waals surface area (Å²) in [5.41, 5.74) is 0. The van der Waals surface area contributed by atoms with Crippen molar-refractivity contribution in [2.75, 3.05) is 0 Å². The van der Waals surface area contributed by atoms with E-state index in [-0.39, 0.29) is 0 Å². The monoisotopic (exact) mass is 220 g/mol. The van der Waals surface area contributed by atoms with Gasteiger partial charge in [-0.1, -0.05) is 71.3 Å². The first kappa shape index (κ1) is 15.8. The van der Waals surface area contributed by atoms with E-state index in [4.69, 9.17) is 7.85 Å². The summed E-state index contributed by atoms with van der Waals surface area (Å²) < 4.78 is 0. The molecule has 0 heterocycles. The summed E-state index contributed by atoms with van der Waals surface area (Å²) in [4.78, 5) is 0. The Bertz CT molecular complexity index is 186. The Morgan fingerprint density at radius 3 is 2.19 bits per heavy atom. The average molecular weight is 220 g/mol. The van der Waals surface area contributed by atoms with Gasteiger partial charge in [0.1, 0.15) is 0 Å². The molecule has 2 radical (unpaired) electrons. The van der Waals surface area contributed by atoms with Crippen LogP contribution in [0.5, 0.6) is 0 Å². The van der Waals surface area contributed by atoms with Crippen molar-refractivity contribution in [3.63, 3.8) is 0 Å². The largest absolute Gasteiger partial charge is 0.0914 e. The van der Waals surface area contributed by atoms with Crippen molar-refractivity contribution in [3.05, 3.63) is 12.2 Å². The molecular formula is C15H29B. The lowest BCUT2D eigenvalue weighted by molar-refractivity contribution is 0.378. The Morgan fingerprint density at radius 2 is 1.69 bits per heavy atom. The Kier molecular flexibility index (Phi) is 8.79. The van der Waals surface area contributed by atoms with E-state index in [1.165, 1.54) is 25.7 Å². The zero-order chi connectivity index (χ0) is 12.6. The first-order chi connectivity index (χ1) is 7.52. The van der Waals surface area contributed by atoms with E-state index in [1.54, 1.807) is 0 Å². The molecule has 0 amide bonds. The van der Waals surface area contributed by atoms with Crippen molar-refractivity contribution in [3.8, 4) is 0 Å². The highest BCUT2D eigenvalue weighted by Crippen LogP contribution is 2.30. The Morgan fingerprint density at radius 1 is 1.06 bits per heavy atom. The molecule has 0 aliphatic heterocycles. The van der Waals surface area contributed by atoms with Gasteiger partial charge in [0, 0.05) is 0 Å². The average Bonchev–Trinajstić information content (AvgIpc) is 2.25. The van der Waals surface area contributed by atoms with Crippen molar-refractivity contribution in [2.24, 2.45) is 17.8 Å². The van der Waals surface area contributed by atoms with Crippen LogP contribution in [-0.4, -0.2) is 7.85 Å². The van der Waals surface area contributed by atoms with Crippen LogP contribution in [-0.2, 0) is 0 Å². The summed E-state index contributed by atoms with van der Waals surface area (Å²) >= 11 is 0. The smallest absolute Gasteiger partial charge is 0.0703 e. The van der Waals surface area contributed by atoms with Gasteiger partial charge in [-0.25, -0.2) is 0 Å². The fourth-order valence-electron chi connectivity index (χ4n) is 2.25. The summed E-state index contributed by atoms with van der Waals surface area (Å²) in [6.45, 7) is 11.2. The zero-order valence-corrected chi connectivity index (χ0v) is 11.9. The highest BCUT2D eigenvalue weighted by Gasteiger charge is 2.17. The summed E-state index contributed by atoms with van der Waals surface area (Å²) in [5, 5.41) is 0. The molecule has 16 heavy (non-hydrogen) atoms. The predicted octanol–water partition coefficient (Wildman–Crippen LogP) is 5.01. The fraction of sp³-hybridized carbons (Fsp3) is 0.867. The third-order valence-electron chi connectivity index (χ3n) is 3.77. The quantitative estimate of drug-likeness (QED) is 0.398. The van der Waals surface area contributed by atoms with E-state index < -0.39 is 0 Å². The SMILES string of the molecule is [B]C(CC[C@H](C)CCC)C(C)C(C)C=CC. The van der Waals surface area contributed by atoms with Crippen LogP contribution in [0.15, 0.2) is 12.2 Å². The maximum absolute atomic E-state index is 6.26. The van der Waals surface area contributed by atoms with Crippen LogP contribution < -0.4 is 0 Å². The molecule has 0 N–H and O–H groups in total. The molecule has 92 valence electrons. The molecule has 0 rings (SSSR count). The van der Waals surface area contributed by atoms with Gasteiger partial charge in [0.15, 0.2) is 0 Å². The molecule has 0 aliphatic carbocycles. The zero-order valence-electron chi connectivity index (χ0n) is 11.9. The fourth-order valence-corrected chi connectivity index (χ4v) is 2.25. The van der Waals surface area contributed by atoms with Crippen molar-refractivity contribution >= 4 is 7.85 Å². The molecule has 4 atom stereocenters.